The number of β-lactam (4-membered cyclic amide) rings is 1. The maximum absolute atomic E-state index is 13.2. The van der Waals surface area contributed by atoms with Gasteiger partial charge in [-0.05, 0) is 50.6 Å². The zero-order chi connectivity index (χ0) is 25.5. The molecule has 12 heteroatoms. The Labute approximate surface area is 213 Å². The average Bonchev–Trinajstić information content (AvgIpc) is 3.41. The highest BCUT2D eigenvalue weighted by molar-refractivity contribution is 7.93. The summed E-state index contributed by atoms with van der Waals surface area (Å²) in [4.78, 5) is 14.8. The predicted molar refractivity (Wildman–Crippen MR) is 133 cm³/mol. The molecule has 0 aliphatic carbocycles. The lowest BCUT2D eigenvalue weighted by atomic mass is 9.91. The number of carbonyl (C=O) groups excluding carboxylic acids is 1. The van der Waals surface area contributed by atoms with E-state index >= 15 is 0 Å². The molecule has 2 aliphatic rings. The Morgan fingerprint density at radius 3 is 2.47 bits per heavy atom. The van der Waals surface area contributed by atoms with Crippen LogP contribution in [0.1, 0.15) is 24.4 Å². The monoisotopic (exact) mass is 530 g/mol. The van der Waals surface area contributed by atoms with Gasteiger partial charge in [-0.3, -0.25) is 9.52 Å². The largest absolute Gasteiger partial charge is 0.361 e. The zero-order valence-electron chi connectivity index (χ0n) is 20.0. The summed E-state index contributed by atoms with van der Waals surface area (Å²) >= 11 is 1.14. The lowest BCUT2D eigenvalue weighted by Crippen LogP contribution is -2.70. The number of amides is 1. The van der Waals surface area contributed by atoms with Crippen LogP contribution in [0.5, 0.6) is 0 Å². The van der Waals surface area contributed by atoms with Crippen molar-refractivity contribution in [3.05, 3.63) is 65.2 Å². The molecule has 1 N–H and O–H groups in total. The second-order valence-corrected chi connectivity index (χ2v) is 11.9. The molecule has 1 aromatic heterocycles. The van der Waals surface area contributed by atoms with Crippen molar-refractivity contribution < 1.29 is 27.4 Å². The molecule has 2 aliphatic heterocycles. The van der Waals surface area contributed by atoms with Crippen LogP contribution in [0.15, 0.2) is 59.5 Å². The van der Waals surface area contributed by atoms with Crippen LogP contribution in [0.3, 0.4) is 0 Å². The number of carbonyl (C=O) groups is 1. The molecule has 3 aromatic rings. The smallest absolute Gasteiger partial charge is 0.263 e. The minimum absolute atomic E-state index is 0.0436. The minimum atomic E-state index is -3.85. The third-order valence-electron chi connectivity index (χ3n) is 5.95. The van der Waals surface area contributed by atoms with Gasteiger partial charge in [-0.15, -0.1) is 10.2 Å². The van der Waals surface area contributed by atoms with E-state index in [1.165, 1.54) is 12.1 Å². The van der Waals surface area contributed by atoms with Gasteiger partial charge in [0.1, 0.15) is 17.2 Å². The molecule has 1 amide bonds. The zero-order valence-corrected chi connectivity index (χ0v) is 21.6. The van der Waals surface area contributed by atoms with Crippen LogP contribution >= 0.6 is 11.3 Å². The van der Waals surface area contributed by atoms with Crippen molar-refractivity contribution in [2.75, 3.05) is 16.2 Å². The van der Waals surface area contributed by atoms with E-state index in [0.29, 0.717) is 17.3 Å². The van der Waals surface area contributed by atoms with E-state index in [1.807, 2.05) is 44.2 Å². The van der Waals surface area contributed by atoms with Crippen molar-refractivity contribution in [3.8, 4) is 0 Å². The van der Waals surface area contributed by atoms with Crippen molar-refractivity contribution in [1.29, 1.82) is 0 Å². The Morgan fingerprint density at radius 2 is 1.86 bits per heavy atom. The second-order valence-electron chi connectivity index (χ2n) is 9.01. The van der Waals surface area contributed by atoms with Crippen LogP contribution in [-0.4, -0.2) is 55.2 Å². The topological polar surface area (TPSA) is 120 Å². The maximum atomic E-state index is 13.2. The van der Waals surface area contributed by atoms with Crippen molar-refractivity contribution in [1.82, 2.24) is 10.2 Å². The Morgan fingerprint density at radius 1 is 1.14 bits per heavy atom. The molecule has 0 spiro atoms. The molecule has 0 saturated carbocycles. The Bertz CT molecular complexity index is 1340. The van der Waals surface area contributed by atoms with Gasteiger partial charge in [-0.25, -0.2) is 8.42 Å². The number of ether oxygens (including phenoxy) is 3. The molecule has 190 valence electrons. The molecule has 2 fully saturated rings. The SMILES string of the molecule is Cc1nnc(NS(=O)(=O)c2ccc(N3C(=O)[C@@H](OCc4ccccc4)[C@H]3[C@H]3COC(C)(C)O3)cc2)s1. The summed E-state index contributed by atoms with van der Waals surface area (Å²) < 4.78 is 45.8. The number of nitrogens with zero attached hydrogens (tertiary/aromatic N) is 3. The van der Waals surface area contributed by atoms with E-state index in [0.717, 1.165) is 16.9 Å². The van der Waals surface area contributed by atoms with Crippen molar-refractivity contribution in [2.24, 2.45) is 0 Å². The van der Waals surface area contributed by atoms with Gasteiger partial charge in [-0.1, -0.05) is 41.7 Å². The first kappa shape index (κ1) is 24.8. The van der Waals surface area contributed by atoms with Crippen LogP contribution in [0, 0.1) is 6.92 Å². The predicted octanol–water partition coefficient (Wildman–Crippen LogP) is 3.10. The molecule has 36 heavy (non-hydrogen) atoms. The van der Waals surface area contributed by atoms with Gasteiger partial charge in [0.25, 0.3) is 15.9 Å². The van der Waals surface area contributed by atoms with Gasteiger partial charge in [0.15, 0.2) is 11.9 Å². The number of hydrogen-bond donors (Lipinski definition) is 1. The van der Waals surface area contributed by atoms with Gasteiger partial charge in [0.05, 0.1) is 18.1 Å². The minimum Gasteiger partial charge on any atom is -0.361 e. The summed E-state index contributed by atoms with van der Waals surface area (Å²) in [7, 11) is -3.85. The molecule has 0 radical (unpaired) electrons. The Kier molecular flexibility index (Phi) is 6.55. The molecular weight excluding hydrogens is 504 g/mol. The van der Waals surface area contributed by atoms with Crippen molar-refractivity contribution in [3.63, 3.8) is 0 Å². The van der Waals surface area contributed by atoms with Gasteiger partial charge in [0.2, 0.25) is 5.13 Å². The molecular formula is C24H26N4O6S2. The number of hydrogen-bond acceptors (Lipinski definition) is 9. The van der Waals surface area contributed by atoms with E-state index in [9.17, 15) is 13.2 Å². The van der Waals surface area contributed by atoms with Crippen LogP contribution in [0.4, 0.5) is 10.8 Å². The van der Waals surface area contributed by atoms with Gasteiger partial charge < -0.3 is 19.1 Å². The van der Waals surface area contributed by atoms with Crippen LogP contribution in [-0.2, 0) is 35.6 Å². The number of aryl methyl sites for hydroxylation is 1. The Hall–Kier alpha value is -2.90. The standard InChI is InChI=1S/C24H26N4O6S2/c1-15-25-26-23(35-15)27-36(30,31)18-11-9-17(10-12-18)28-20(19-14-33-24(2,3)34-19)21(22(28)29)32-13-16-7-5-4-6-8-16/h4-12,19-21H,13-14H2,1-3H3,(H,26,27)/t19-,20-,21+/m1/s1. The van der Waals surface area contributed by atoms with Crippen LogP contribution in [0.25, 0.3) is 0 Å². The summed E-state index contributed by atoms with van der Waals surface area (Å²) in [6.45, 7) is 5.98. The van der Waals surface area contributed by atoms with Crippen molar-refractivity contribution >= 4 is 38.1 Å². The van der Waals surface area contributed by atoms with Gasteiger partial charge in [-0.2, -0.15) is 0 Å². The summed E-state index contributed by atoms with van der Waals surface area (Å²) in [6.07, 6.45) is -1.11. The van der Waals surface area contributed by atoms with E-state index in [-0.39, 0.29) is 22.5 Å². The fraction of sp³-hybridized carbons (Fsp3) is 0.375. The van der Waals surface area contributed by atoms with E-state index in [4.69, 9.17) is 14.2 Å². The number of nitrogens with one attached hydrogen (secondary N) is 1. The van der Waals surface area contributed by atoms with E-state index < -0.39 is 34.1 Å². The highest BCUT2D eigenvalue weighted by atomic mass is 32.2. The highest BCUT2D eigenvalue weighted by Gasteiger charge is 2.56. The number of anilines is 2. The first-order chi connectivity index (χ1) is 17.1. The molecule has 3 atom stereocenters. The first-order valence-electron chi connectivity index (χ1n) is 11.4. The third kappa shape index (κ3) is 5.00. The van der Waals surface area contributed by atoms with Gasteiger partial charge >= 0.3 is 0 Å². The quantitative estimate of drug-likeness (QED) is 0.441. The third-order valence-corrected chi connectivity index (χ3v) is 8.18. The second kappa shape index (κ2) is 9.52. The fourth-order valence-electron chi connectivity index (χ4n) is 4.26. The number of benzene rings is 2. The number of rotatable bonds is 8. The van der Waals surface area contributed by atoms with Crippen molar-refractivity contribution in [2.45, 2.75) is 56.3 Å². The Balaban J connectivity index is 1.35. The normalized spacial score (nSPS) is 23.5. The first-order valence-corrected chi connectivity index (χ1v) is 13.7. The number of sulfonamides is 1. The van der Waals surface area contributed by atoms with E-state index in [1.54, 1.807) is 24.0 Å². The molecule has 3 heterocycles. The van der Waals surface area contributed by atoms with Gasteiger partial charge in [0, 0.05) is 5.69 Å². The summed E-state index contributed by atoms with van der Waals surface area (Å²) in [6, 6.07) is 15.3. The van der Waals surface area contributed by atoms with Crippen LogP contribution < -0.4 is 9.62 Å². The highest BCUT2D eigenvalue weighted by Crippen LogP contribution is 2.38. The average molecular weight is 531 g/mol. The molecule has 0 unspecified atom stereocenters. The molecule has 5 rings (SSSR count). The lowest BCUT2D eigenvalue weighted by Gasteiger charge is -2.48. The summed E-state index contributed by atoms with van der Waals surface area (Å²) in [5, 5.41) is 8.46. The molecule has 0 bridgehead atoms. The molecule has 2 aromatic carbocycles. The maximum Gasteiger partial charge on any atom is 0.263 e. The fourth-order valence-corrected chi connectivity index (χ4v) is 6.08. The summed E-state index contributed by atoms with van der Waals surface area (Å²) in [5.41, 5.74) is 1.50. The molecule has 2 saturated heterocycles. The van der Waals surface area contributed by atoms with Crippen LogP contribution in [0.2, 0.25) is 0 Å². The lowest BCUT2D eigenvalue weighted by molar-refractivity contribution is -0.164. The molecule has 10 nitrogen and oxygen atoms in total. The van der Waals surface area contributed by atoms with E-state index in [2.05, 4.69) is 14.9 Å². The number of aromatic nitrogens is 2. The summed E-state index contributed by atoms with van der Waals surface area (Å²) in [5.74, 6) is -0.992.